The molecule has 2 atom stereocenters. The minimum Gasteiger partial charge on any atom is -0.508 e. The van der Waals surface area contributed by atoms with Crippen LogP contribution in [0.2, 0.25) is 0 Å². The second-order valence-corrected chi connectivity index (χ2v) is 3.74. The summed E-state index contributed by atoms with van der Waals surface area (Å²) in [6.07, 6.45) is -1.98. The summed E-state index contributed by atoms with van der Waals surface area (Å²) in [6.45, 7) is 3.46. The van der Waals surface area contributed by atoms with Gasteiger partial charge in [0.1, 0.15) is 5.75 Å². The zero-order chi connectivity index (χ0) is 13.0. The number of alkyl halides is 1. The number of esters is 1. The van der Waals surface area contributed by atoms with Crippen LogP contribution in [0.1, 0.15) is 24.1 Å². The molecule has 0 radical (unpaired) electrons. The summed E-state index contributed by atoms with van der Waals surface area (Å²) in [5.41, 5.74) is 6.60. The largest absolute Gasteiger partial charge is 0.508 e. The molecule has 0 saturated heterocycles. The van der Waals surface area contributed by atoms with E-state index >= 15 is 0 Å². The van der Waals surface area contributed by atoms with E-state index in [1.807, 2.05) is 0 Å². The number of nitrogens with two attached hydrogens (primary N) is 1. The van der Waals surface area contributed by atoms with Gasteiger partial charge in [0, 0.05) is 5.56 Å². The fourth-order valence-corrected chi connectivity index (χ4v) is 1.46. The van der Waals surface area contributed by atoms with Crippen LogP contribution in [0.3, 0.4) is 0 Å². The third kappa shape index (κ3) is 3.17. The van der Waals surface area contributed by atoms with Gasteiger partial charge in [0.2, 0.25) is 6.17 Å². The summed E-state index contributed by atoms with van der Waals surface area (Å²) in [4.78, 5) is 11.2. The quantitative estimate of drug-likeness (QED) is 0.785. The van der Waals surface area contributed by atoms with E-state index in [0.29, 0.717) is 0 Å². The highest BCUT2D eigenvalue weighted by molar-refractivity contribution is 5.76. The summed E-state index contributed by atoms with van der Waals surface area (Å²) < 4.78 is 18.2. The minimum atomic E-state index is -1.98. The molecule has 0 aliphatic carbocycles. The Hall–Kier alpha value is -1.62. The van der Waals surface area contributed by atoms with Crippen LogP contribution in [-0.2, 0) is 9.53 Å². The Bertz CT molecular complexity index is 409. The van der Waals surface area contributed by atoms with Crippen LogP contribution < -0.4 is 5.73 Å². The van der Waals surface area contributed by atoms with E-state index in [-0.39, 0.29) is 17.9 Å². The maximum Gasteiger partial charge on any atom is 0.342 e. The van der Waals surface area contributed by atoms with E-state index in [1.54, 1.807) is 19.9 Å². The van der Waals surface area contributed by atoms with Gasteiger partial charge in [-0.2, -0.15) is 0 Å². The molecule has 0 aliphatic heterocycles. The summed E-state index contributed by atoms with van der Waals surface area (Å²) in [6, 6.07) is 3.43. The highest BCUT2D eigenvalue weighted by Crippen LogP contribution is 2.27. The molecular formula is C12H16FNO3. The van der Waals surface area contributed by atoms with Gasteiger partial charge >= 0.3 is 5.97 Å². The third-order valence-electron chi connectivity index (χ3n) is 2.37. The van der Waals surface area contributed by atoms with Crippen LogP contribution in [0.15, 0.2) is 18.2 Å². The molecule has 5 heteroatoms. The predicted molar refractivity (Wildman–Crippen MR) is 61.3 cm³/mol. The number of aryl methyl sites for hydroxylation is 1. The molecule has 1 rings (SSSR count). The SMILES string of the molecule is CCOC(=O)C(F)[C@H](N)c1ccc(C)cc1O. The predicted octanol–water partition coefficient (Wildman–Crippen LogP) is 1.60. The van der Waals surface area contributed by atoms with Gasteiger partial charge in [-0.3, -0.25) is 0 Å². The van der Waals surface area contributed by atoms with Crippen LogP contribution in [0, 0.1) is 6.92 Å². The van der Waals surface area contributed by atoms with E-state index in [4.69, 9.17) is 5.73 Å². The maximum atomic E-state index is 13.6. The maximum absolute atomic E-state index is 13.6. The van der Waals surface area contributed by atoms with Crippen molar-refractivity contribution in [2.75, 3.05) is 6.61 Å². The molecule has 0 spiro atoms. The molecule has 4 nitrogen and oxygen atoms in total. The molecule has 0 aromatic heterocycles. The smallest absolute Gasteiger partial charge is 0.342 e. The molecule has 0 bridgehead atoms. The Labute approximate surface area is 99.2 Å². The number of phenolic OH excluding ortho intramolecular Hbond substituents is 1. The molecule has 1 unspecified atom stereocenters. The average Bonchev–Trinajstić information content (AvgIpc) is 2.27. The number of hydrogen-bond donors (Lipinski definition) is 2. The molecule has 1 aromatic rings. The Kier molecular flexibility index (Phi) is 4.45. The molecule has 3 N–H and O–H groups in total. The number of hydrogen-bond acceptors (Lipinski definition) is 4. The van der Waals surface area contributed by atoms with Crippen LogP contribution in [0.5, 0.6) is 5.75 Å². The Morgan fingerprint density at radius 2 is 2.24 bits per heavy atom. The number of rotatable bonds is 4. The van der Waals surface area contributed by atoms with Crippen molar-refractivity contribution < 1.29 is 19.0 Å². The van der Waals surface area contributed by atoms with Gasteiger partial charge in [-0.1, -0.05) is 12.1 Å². The molecule has 94 valence electrons. The third-order valence-corrected chi connectivity index (χ3v) is 2.37. The lowest BCUT2D eigenvalue weighted by Gasteiger charge is -2.17. The Morgan fingerprint density at radius 3 is 2.76 bits per heavy atom. The van der Waals surface area contributed by atoms with E-state index in [1.165, 1.54) is 12.1 Å². The summed E-state index contributed by atoms with van der Waals surface area (Å²) in [5.74, 6) is -1.13. The number of phenols is 1. The van der Waals surface area contributed by atoms with Crippen LogP contribution >= 0.6 is 0 Å². The summed E-state index contributed by atoms with van der Waals surface area (Å²) in [7, 11) is 0. The molecule has 0 aliphatic rings. The first-order valence-electron chi connectivity index (χ1n) is 5.33. The second-order valence-electron chi connectivity index (χ2n) is 3.74. The lowest BCUT2D eigenvalue weighted by Crippen LogP contribution is -2.31. The van der Waals surface area contributed by atoms with E-state index < -0.39 is 18.2 Å². The second kappa shape index (κ2) is 5.63. The highest BCUT2D eigenvalue weighted by Gasteiger charge is 2.29. The van der Waals surface area contributed by atoms with Gasteiger partial charge in [0.05, 0.1) is 12.6 Å². The van der Waals surface area contributed by atoms with Crippen molar-refractivity contribution in [2.45, 2.75) is 26.1 Å². The number of aromatic hydroxyl groups is 1. The highest BCUT2D eigenvalue weighted by atomic mass is 19.1. The van der Waals surface area contributed by atoms with Crippen LogP contribution in [-0.4, -0.2) is 23.9 Å². The molecule has 17 heavy (non-hydrogen) atoms. The van der Waals surface area contributed by atoms with Gasteiger partial charge in [-0.25, -0.2) is 9.18 Å². The molecule has 0 amide bonds. The van der Waals surface area contributed by atoms with Gasteiger partial charge in [-0.05, 0) is 25.5 Å². The zero-order valence-corrected chi connectivity index (χ0v) is 9.81. The van der Waals surface area contributed by atoms with Crippen molar-refractivity contribution >= 4 is 5.97 Å². The molecule has 0 fully saturated rings. The Morgan fingerprint density at radius 1 is 1.59 bits per heavy atom. The van der Waals surface area contributed by atoms with Gasteiger partial charge in [0.25, 0.3) is 0 Å². The van der Waals surface area contributed by atoms with Crippen molar-refractivity contribution in [3.8, 4) is 5.75 Å². The fraction of sp³-hybridized carbons (Fsp3) is 0.417. The molecule has 1 aromatic carbocycles. The van der Waals surface area contributed by atoms with Crippen LogP contribution in [0.25, 0.3) is 0 Å². The zero-order valence-electron chi connectivity index (χ0n) is 9.81. The summed E-state index contributed by atoms with van der Waals surface area (Å²) in [5, 5.41) is 9.62. The standard InChI is InChI=1S/C12H16FNO3/c1-3-17-12(16)10(13)11(14)8-5-4-7(2)6-9(8)15/h4-6,10-11,15H,3,14H2,1-2H3/t10?,11-/m1/s1. The van der Waals surface area contributed by atoms with Gasteiger partial charge < -0.3 is 15.6 Å². The number of halogens is 1. The normalized spacial score (nSPS) is 14.1. The average molecular weight is 241 g/mol. The number of ether oxygens (including phenoxy) is 1. The minimum absolute atomic E-state index is 0.0891. The van der Waals surface area contributed by atoms with E-state index in [9.17, 15) is 14.3 Å². The molecular weight excluding hydrogens is 225 g/mol. The van der Waals surface area contributed by atoms with E-state index in [0.717, 1.165) is 5.56 Å². The van der Waals surface area contributed by atoms with Crippen LogP contribution in [0.4, 0.5) is 4.39 Å². The van der Waals surface area contributed by atoms with Crippen molar-refractivity contribution in [1.29, 1.82) is 0 Å². The van der Waals surface area contributed by atoms with Crippen molar-refractivity contribution in [2.24, 2.45) is 5.73 Å². The first-order chi connectivity index (χ1) is 7.97. The molecule has 0 saturated carbocycles. The lowest BCUT2D eigenvalue weighted by molar-refractivity contribution is -0.149. The first kappa shape index (κ1) is 13.4. The van der Waals surface area contributed by atoms with Crippen molar-refractivity contribution in [3.05, 3.63) is 29.3 Å². The molecule has 0 heterocycles. The number of carbonyl (C=O) groups excluding carboxylic acids is 1. The number of benzene rings is 1. The van der Waals surface area contributed by atoms with Gasteiger partial charge in [0.15, 0.2) is 0 Å². The topological polar surface area (TPSA) is 72.5 Å². The van der Waals surface area contributed by atoms with Crippen molar-refractivity contribution in [3.63, 3.8) is 0 Å². The van der Waals surface area contributed by atoms with Crippen molar-refractivity contribution in [1.82, 2.24) is 0 Å². The van der Waals surface area contributed by atoms with Gasteiger partial charge in [-0.15, -0.1) is 0 Å². The number of carbonyl (C=O) groups is 1. The monoisotopic (exact) mass is 241 g/mol. The lowest BCUT2D eigenvalue weighted by atomic mass is 10.0. The first-order valence-corrected chi connectivity index (χ1v) is 5.33. The van der Waals surface area contributed by atoms with E-state index in [2.05, 4.69) is 4.74 Å². The fourth-order valence-electron chi connectivity index (χ4n) is 1.46. The Balaban J connectivity index is 2.88. The summed E-state index contributed by atoms with van der Waals surface area (Å²) >= 11 is 0.